The fourth-order valence-electron chi connectivity index (χ4n) is 2.13. The van der Waals surface area contributed by atoms with Crippen molar-refractivity contribution >= 4 is 22.5 Å². The van der Waals surface area contributed by atoms with Crippen LogP contribution in [0.2, 0.25) is 5.02 Å². The number of ether oxygens (including phenoxy) is 1. The number of benzene rings is 1. The molecule has 106 valence electrons. The Morgan fingerprint density at radius 1 is 1.10 bits per heavy atom. The molecule has 0 aliphatic rings. The van der Waals surface area contributed by atoms with E-state index in [1.807, 2.05) is 31.2 Å². The lowest BCUT2D eigenvalue weighted by molar-refractivity contribution is 0.456. The van der Waals surface area contributed by atoms with Gasteiger partial charge in [0.2, 0.25) is 5.88 Å². The first-order chi connectivity index (χ1) is 10.2. The number of nitrogens with zero attached hydrogens (tertiary/aromatic N) is 2. The maximum Gasteiger partial charge on any atom is 0.224 e. The lowest BCUT2D eigenvalue weighted by Gasteiger charge is -2.13. The van der Waals surface area contributed by atoms with Gasteiger partial charge in [0.25, 0.3) is 0 Å². The minimum atomic E-state index is -0.166. The van der Waals surface area contributed by atoms with Gasteiger partial charge in [-0.05, 0) is 37.3 Å². The normalized spacial score (nSPS) is 12.3. The summed E-state index contributed by atoms with van der Waals surface area (Å²) in [5.74, 6) is 1.09. The van der Waals surface area contributed by atoms with E-state index in [-0.39, 0.29) is 6.04 Å². The molecule has 5 heteroatoms. The van der Waals surface area contributed by atoms with Gasteiger partial charge in [-0.15, -0.1) is 0 Å². The van der Waals surface area contributed by atoms with Gasteiger partial charge in [-0.2, -0.15) is 0 Å². The molecule has 0 saturated heterocycles. The molecule has 3 aromatic rings. The Morgan fingerprint density at radius 2 is 1.86 bits per heavy atom. The van der Waals surface area contributed by atoms with Gasteiger partial charge in [0.15, 0.2) is 5.75 Å². The lowest BCUT2D eigenvalue weighted by Crippen LogP contribution is -2.07. The highest BCUT2D eigenvalue weighted by atomic mass is 35.5. The molecule has 0 fully saturated rings. The molecular weight excluding hydrogens is 286 g/mol. The molecule has 1 aromatic carbocycles. The first kappa shape index (κ1) is 13.8. The molecule has 0 amide bonds. The van der Waals surface area contributed by atoms with Crippen molar-refractivity contribution in [3.63, 3.8) is 0 Å². The first-order valence-electron chi connectivity index (χ1n) is 6.58. The summed E-state index contributed by atoms with van der Waals surface area (Å²) in [6.45, 7) is 1.89. The predicted octanol–water partition coefficient (Wildman–Crippen LogP) is 4.10. The maximum atomic E-state index is 6.18. The number of hydrogen-bond donors (Lipinski definition) is 1. The van der Waals surface area contributed by atoms with Crippen LogP contribution in [0.15, 0.2) is 48.8 Å². The minimum Gasteiger partial charge on any atom is -0.436 e. The predicted molar refractivity (Wildman–Crippen MR) is 83.7 cm³/mol. The molecule has 0 spiro atoms. The molecule has 0 radical (unpaired) electrons. The van der Waals surface area contributed by atoms with Gasteiger partial charge in [-0.1, -0.05) is 17.7 Å². The van der Waals surface area contributed by atoms with Gasteiger partial charge in [0.05, 0.1) is 5.02 Å². The van der Waals surface area contributed by atoms with Crippen molar-refractivity contribution < 1.29 is 4.74 Å². The molecule has 2 heterocycles. The quantitative estimate of drug-likeness (QED) is 0.791. The summed E-state index contributed by atoms with van der Waals surface area (Å²) < 4.78 is 5.93. The van der Waals surface area contributed by atoms with Crippen molar-refractivity contribution in [1.29, 1.82) is 0 Å². The molecule has 0 aliphatic carbocycles. The summed E-state index contributed by atoms with van der Waals surface area (Å²) in [5.41, 5.74) is 7.49. The molecule has 2 aromatic heterocycles. The highest BCUT2D eigenvalue weighted by Gasteiger charge is 2.13. The molecule has 4 nitrogen and oxygen atoms in total. The maximum absolute atomic E-state index is 6.18. The van der Waals surface area contributed by atoms with Crippen LogP contribution in [0, 0.1) is 0 Å². The second-order valence-electron chi connectivity index (χ2n) is 4.73. The number of nitrogens with two attached hydrogens (primary N) is 1. The average molecular weight is 300 g/mol. The molecule has 0 unspecified atom stereocenters. The van der Waals surface area contributed by atoms with Crippen LogP contribution in [-0.2, 0) is 0 Å². The Hall–Kier alpha value is -2.17. The van der Waals surface area contributed by atoms with E-state index in [4.69, 9.17) is 22.1 Å². The van der Waals surface area contributed by atoms with Gasteiger partial charge in [-0.3, -0.25) is 4.98 Å². The molecule has 0 saturated carbocycles. The van der Waals surface area contributed by atoms with E-state index < -0.39 is 0 Å². The minimum absolute atomic E-state index is 0.166. The van der Waals surface area contributed by atoms with Crippen LogP contribution in [0.1, 0.15) is 18.5 Å². The Balaban J connectivity index is 2.09. The second-order valence-corrected chi connectivity index (χ2v) is 5.14. The molecule has 3 rings (SSSR count). The summed E-state index contributed by atoms with van der Waals surface area (Å²) in [6.07, 6.45) is 3.38. The van der Waals surface area contributed by atoms with E-state index in [0.29, 0.717) is 22.2 Å². The zero-order valence-electron chi connectivity index (χ0n) is 11.5. The Labute approximate surface area is 127 Å². The highest BCUT2D eigenvalue weighted by Crippen LogP contribution is 2.33. The summed E-state index contributed by atoms with van der Waals surface area (Å²) >= 11 is 6.18. The summed E-state index contributed by atoms with van der Waals surface area (Å²) in [7, 11) is 0. The van der Waals surface area contributed by atoms with Crippen LogP contribution in [0.25, 0.3) is 10.9 Å². The van der Waals surface area contributed by atoms with Crippen LogP contribution >= 0.6 is 11.6 Å². The van der Waals surface area contributed by atoms with Crippen LogP contribution in [0.4, 0.5) is 0 Å². The average Bonchev–Trinajstić information content (AvgIpc) is 2.51. The Morgan fingerprint density at radius 3 is 2.67 bits per heavy atom. The monoisotopic (exact) mass is 299 g/mol. The van der Waals surface area contributed by atoms with Crippen molar-refractivity contribution in [2.75, 3.05) is 0 Å². The fourth-order valence-corrected chi connectivity index (χ4v) is 2.35. The zero-order valence-corrected chi connectivity index (χ0v) is 12.2. The third-order valence-corrected chi connectivity index (χ3v) is 3.51. The SMILES string of the molecule is C[C@H](N)c1cccnc1Oc1ccc(Cl)c2cccnc12. The lowest BCUT2D eigenvalue weighted by atomic mass is 10.1. The largest absolute Gasteiger partial charge is 0.436 e. The third-order valence-electron chi connectivity index (χ3n) is 3.18. The van der Waals surface area contributed by atoms with E-state index in [0.717, 1.165) is 10.9 Å². The zero-order chi connectivity index (χ0) is 14.8. The molecule has 2 N–H and O–H groups in total. The van der Waals surface area contributed by atoms with Crippen LogP contribution in [-0.4, -0.2) is 9.97 Å². The fraction of sp³-hybridized carbons (Fsp3) is 0.125. The van der Waals surface area contributed by atoms with Crippen LogP contribution in [0.3, 0.4) is 0 Å². The van der Waals surface area contributed by atoms with Crippen molar-refractivity contribution in [1.82, 2.24) is 9.97 Å². The molecule has 0 bridgehead atoms. The van der Waals surface area contributed by atoms with Crippen LogP contribution < -0.4 is 10.5 Å². The van der Waals surface area contributed by atoms with E-state index in [2.05, 4.69) is 9.97 Å². The summed E-state index contributed by atoms with van der Waals surface area (Å²) in [6, 6.07) is 10.9. The highest BCUT2D eigenvalue weighted by molar-refractivity contribution is 6.35. The number of halogens is 1. The van der Waals surface area contributed by atoms with Crippen molar-refractivity contribution in [2.45, 2.75) is 13.0 Å². The molecule has 0 aliphatic heterocycles. The number of aromatic nitrogens is 2. The van der Waals surface area contributed by atoms with E-state index in [1.54, 1.807) is 24.5 Å². The third kappa shape index (κ3) is 2.68. The smallest absolute Gasteiger partial charge is 0.224 e. The Kier molecular flexibility index (Phi) is 3.73. The van der Waals surface area contributed by atoms with Gasteiger partial charge in [0, 0.05) is 29.4 Å². The number of hydrogen-bond acceptors (Lipinski definition) is 4. The second kappa shape index (κ2) is 5.68. The van der Waals surface area contributed by atoms with E-state index >= 15 is 0 Å². The number of fused-ring (bicyclic) bond motifs is 1. The first-order valence-corrected chi connectivity index (χ1v) is 6.96. The van der Waals surface area contributed by atoms with Crippen molar-refractivity contribution in [3.05, 3.63) is 59.4 Å². The topological polar surface area (TPSA) is 61.0 Å². The Bertz CT molecular complexity index is 789. The summed E-state index contributed by atoms with van der Waals surface area (Å²) in [5, 5.41) is 1.48. The molecule has 21 heavy (non-hydrogen) atoms. The number of rotatable bonds is 3. The van der Waals surface area contributed by atoms with E-state index in [9.17, 15) is 0 Å². The molecular formula is C16H14ClN3O. The van der Waals surface area contributed by atoms with Gasteiger partial charge in [-0.25, -0.2) is 4.98 Å². The standard InChI is InChI=1S/C16H14ClN3O/c1-10(18)11-4-2-9-20-16(11)21-14-7-6-13(17)12-5-3-8-19-15(12)14/h2-10H,18H2,1H3/t10-/m0/s1. The summed E-state index contributed by atoms with van der Waals surface area (Å²) in [4.78, 5) is 8.61. The molecule has 1 atom stereocenters. The van der Waals surface area contributed by atoms with Gasteiger partial charge in [0.1, 0.15) is 5.52 Å². The van der Waals surface area contributed by atoms with E-state index in [1.165, 1.54) is 0 Å². The van der Waals surface area contributed by atoms with Crippen LogP contribution in [0.5, 0.6) is 11.6 Å². The van der Waals surface area contributed by atoms with Crippen molar-refractivity contribution in [2.24, 2.45) is 5.73 Å². The van der Waals surface area contributed by atoms with Gasteiger partial charge < -0.3 is 10.5 Å². The van der Waals surface area contributed by atoms with Crippen molar-refractivity contribution in [3.8, 4) is 11.6 Å². The van der Waals surface area contributed by atoms with Gasteiger partial charge >= 0.3 is 0 Å². The number of pyridine rings is 2.